The van der Waals surface area contributed by atoms with Crippen LogP contribution in [0.25, 0.3) is 33.7 Å². The van der Waals surface area contributed by atoms with Crippen LogP contribution in [0.4, 0.5) is 0 Å². The first-order valence-corrected chi connectivity index (χ1v) is 12.5. The van der Waals surface area contributed by atoms with Gasteiger partial charge in [-0.2, -0.15) is 0 Å². The van der Waals surface area contributed by atoms with Gasteiger partial charge in [-0.25, -0.2) is 9.97 Å². The van der Waals surface area contributed by atoms with Crippen molar-refractivity contribution in [2.24, 2.45) is 11.8 Å². The van der Waals surface area contributed by atoms with E-state index in [0.29, 0.717) is 16.8 Å². The molecule has 7 heteroatoms. The normalized spacial score (nSPS) is 17.8. The topological polar surface area (TPSA) is 60.3 Å². The fourth-order valence-corrected chi connectivity index (χ4v) is 5.33. The third-order valence-electron chi connectivity index (χ3n) is 7.12. The molecular weight excluding hydrogens is 460 g/mol. The van der Waals surface area contributed by atoms with Crippen molar-refractivity contribution in [3.05, 3.63) is 65.8 Å². The molecule has 0 radical (unpaired) electrons. The Labute approximate surface area is 209 Å². The number of fused-ring (bicyclic) bond motifs is 1. The minimum atomic E-state index is 0.278. The van der Waals surface area contributed by atoms with Gasteiger partial charge in [0.05, 0.1) is 17.6 Å². The van der Waals surface area contributed by atoms with Gasteiger partial charge < -0.3 is 14.2 Å². The van der Waals surface area contributed by atoms with Crippen LogP contribution in [0.5, 0.6) is 5.75 Å². The summed E-state index contributed by atoms with van der Waals surface area (Å²) < 4.78 is 7.54. The zero-order valence-electron chi connectivity index (χ0n) is 19.7. The third kappa shape index (κ3) is 4.27. The van der Waals surface area contributed by atoms with E-state index in [1.807, 2.05) is 24.3 Å². The van der Waals surface area contributed by atoms with Crippen molar-refractivity contribution in [2.75, 3.05) is 20.2 Å². The van der Waals surface area contributed by atoms with Gasteiger partial charge in [0.15, 0.2) is 5.65 Å². The van der Waals surface area contributed by atoms with Crippen LogP contribution >= 0.6 is 11.6 Å². The number of imidazole rings is 1. The highest BCUT2D eigenvalue weighted by Crippen LogP contribution is 2.35. The van der Waals surface area contributed by atoms with Crippen LogP contribution < -0.4 is 4.74 Å². The molecule has 0 spiro atoms. The van der Waals surface area contributed by atoms with Crippen LogP contribution in [-0.2, 0) is 11.3 Å². The van der Waals surface area contributed by atoms with Crippen LogP contribution in [0.1, 0.15) is 19.3 Å². The Morgan fingerprint density at radius 1 is 1.09 bits per heavy atom. The number of pyridine rings is 1. The van der Waals surface area contributed by atoms with Crippen molar-refractivity contribution in [3.63, 3.8) is 0 Å². The number of carbonyl (C=O) groups excluding carboxylic acids is 1. The fraction of sp³-hybridized carbons (Fsp3) is 0.321. The summed E-state index contributed by atoms with van der Waals surface area (Å²) in [5.74, 6) is 2.67. The molecule has 4 aromatic rings. The predicted molar refractivity (Wildman–Crippen MR) is 137 cm³/mol. The van der Waals surface area contributed by atoms with Gasteiger partial charge in [-0.05, 0) is 61.1 Å². The van der Waals surface area contributed by atoms with Crippen molar-refractivity contribution in [1.29, 1.82) is 0 Å². The minimum Gasteiger partial charge on any atom is -0.497 e. The number of likely N-dealkylation sites (tertiary alicyclic amines) is 1. The van der Waals surface area contributed by atoms with E-state index < -0.39 is 0 Å². The van der Waals surface area contributed by atoms with Gasteiger partial charge in [-0.15, -0.1) is 0 Å². The Kier molecular flexibility index (Phi) is 5.69. The first-order chi connectivity index (χ1) is 17.1. The van der Waals surface area contributed by atoms with Crippen molar-refractivity contribution in [3.8, 4) is 28.3 Å². The van der Waals surface area contributed by atoms with Crippen molar-refractivity contribution >= 4 is 28.7 Å². The second kappa shape index (κ2) is 9.00. The lowest BCUT2D eigenvalue weighted by Crippen LogP contribution is -2.30. The van der Waals surface area contributed by atoms with Gasteiger partial charge in [0.25, 0.3) is 0 Å². The highest BCUT2D eigenvalue weighted by atomic mass is 35.5. The summed E-state index contributed by atoms with van der Waals surface area (Å²) in [6.07, 6.45) is 4.91. The molecule has 0 bridgehead atoms. The maximum Gasteiger partial charge on any atom is 0.225 e. The van der Waals surface area contributed by atoms with Gasteiger partial charge in [0.2, 0.25) is 5.91 Å². The molecule has 0 N–H and O–H groups in total. The molecule has 2 aromatic carbocycles. The number of ether oxygens (including phenoxy) is 1. The van der Waals surface area contributed by atoms with Gasteiger partial charge in [-0.3, -0.25) is 4.79 Å². The third-order valence-corrected chi connectivity index (χ3v) is 7.43. The zero-order valence-corrected chi connectivity index (χ0v) is 20.4. The number of aromatic nitrogens is 3. The molecule has 1 saturated heterocycles. The van der Waals surface area contributed by atoms with Gasteiger partial charge >= 0.3 is 0 Å². The smallest absolute Gasteiger partial charge is 0.225 e. The molecule has 1 aliphatic carbocycles. The largest absolute Gasteiger partial charge is 0.497 e. The second-order valence-corrected chi connectivity index (χ2v) is 9.94. The minimum absolute atomic E-state index is 0.278. The SMILES string of the molecule is COc1ccc(-c2ccc(-c3nc4ncccc4n3C[C@H]3CCN(C(=O)C4CC4)C3)cc2)c(Cl)c1. The van der Waals surface area contributed by atoms with Crippen LogP contribution in [0.3, 0.4) is 0 Å². The van der Waals surface area contributed by atoms with E-state index >= 15 is 0 Å². The van der Waals surface area contributed by atoms with E-state index in [1.54, 1.807) is 13.3 Å². The van der Waals surface area contributed by atoms with Crippen LogP contribution in [0.2, 0.25) is 5.02 Å². The Morgan fingerprint density at radius 3 is 2.63 bits per heavy atom. The quantitative estimate of drug-likeness (QED) is 0.351. The summed E-state index contributed by atoms with van der Waals surface area (Å²) in [6.45, 7) is 2.50. The number of hydrogen-bond acceptors (Lipinski definition) is 4. The first-order valence-electron chi connectivity index (χ1n) is 12.1. The molecule has 2 aromatic heterocycles. The van der Waals surface area contributed by atoms with Crippen molar-refractivity contribution in [2.45, 2.75) is 25.8 Å². The Morgan fingerprint density at radius 2 is 1.89 bits per heavy atom. The van der Waals surface area contributed by atoms with E-state index in [-0.39, 0.29) is 5.92 Å². The van der Waals surface area contributed by atoms with Crippen molar-refractivity contribution < 1.29 is 9.53 Å². The van der Waals surface area contributed by atoms with Crippen LogP contribution in [0.15, 0.2) is 60.8 Å². The van der Waals surface area contributed by atoms with E-state index in [0.717, 1.165) is 78.3 Å². The van der Waals surface area contributed by atoms with E-state index in [2.05, 4.69) is 44.8 Å². The number of rotatable bonds is 6. The monoisotopic (exact) mass is 486 g/mol. The van der Waals surface area contributed by atoms with Crippen LogP contribution in [-0.4, -0.2) is 45.5 Å². The van der Waals surface area contributed by atoms with Gasteiger partial charge in [0, 0.05) is 42.9 Å². The molecule has 0 unspecified atom stereocenters. The molecule has 2 aliphatic rings. The molecule has 35 heavy (non-hydrogen) atoms. The Balaban J connectivity index is 1.30. The molecule has 1 amide bonds. The molecule has 2 fully saturated rings. The number of halogens is 1. The molecule has 3 heterocycles. The molecule has 6 nitrogen and oxygen atoms in total. The van der Waals surface area contributed by atoms with Crippen molar-refractivity contribution in [1.82, 2.24) is 19.4 Å². The van der Waals surface area contributed by atoms with Gasteiger partial charge in [0.1, 0.15) is 11.6 Å². The maximum absolute atomic E-state index is 12.5. The van der Waals surface area contributed by atoms with E-state index in [9.17, 15) is 4.79 Å². The number of methoxy groups -OCH3 is 1. The maximum atomic E-state index is 12.5. The number of nitrogens with zero attached hydrogens (tertiary/aromatic N) is 4. The summed E-state index contributed by atoms with van der Waals surface area (Å²) in [5.41, 5.74) is 4.79. The lowest BCUT2D eigenvalue weighted by molar-refractivity contribution is -0.131. The molecular formula is C28H27ClN4O2. The fourth-order valence-electron chi connectivity index (χ4n) is 5.05. The van der Waals surface area contributed by atoms with Gasteiger partial charge in [-0.1, -0.05) is 35.9 Å². The summed E-state index contributed by atoms with van der Waals surface area (Å²) in [6, 6.07) is 18.1. The summed E-state index contributed by atoms with van der Waals surface area (Å²) in [4.78, 5) is 24.0. The average molecular weight is 487 g/mol. The second-order valence-electron chi connectivity index (χ2n) is 9.53. The zero-order chi connectivity index (χ0) is 23.9. The highest BCUT2D eigenvalue weighted by Gasteiger charge is 2.36. The summed E-state index contributed by atoms with van der Waals surface area (Å²) >= 11 is 6.50. The van der Waals surface area contributed by atoms with Crippen LogP contribution in [0, 0.1) is 11.8 Å². The number of amides is 1. The van der Waals surface area contributed by atoms with E-state index in [1.165, 1.54) is 0 Å². The standard InChI is InChI=1S/C28H27ClN4O2/c1-35-22-10-11-23(24(29)15-22)19-4-6-20(7-5-19)27-31-26-25(3-2-13-30-26)33(27)17-18-12-14-32(16-18)28(34)21-8-9-21/h2-7,10-11,13,15,18,21H,8-9,12,14,16-17H2,1H3/t18-/m0/s1. The molecule has 1 atom stereocenters. The lowest BCUT2D eigenvalue weighted by atomic mass is 10.0. The number of carbonyl (C=O) groups is 1. The lowest BCUT2D eigenvalue weighted by Gasteiger charge is -2.18. The summed E-state index contributed by atoms with van der Waals surface area (Å²) in [7, 11) is 1.63. The Hall–Kier alpha value is -3.38. The Bertz CT molecular complexity index is 1390. The molecule has 178 valence electrons. The molecule has 1 aliphatic heterocycles. The summed E-state index contributed by atoms with van der Waals surface area (Å²) in [5, 5.41) is 0.653. The first kappa shape index (κ1) is 22.1. The number of hydrogen-bond donors (Lipinski definition) is 0. The molecule has 6 rings (SSSR count). The highest BCUT2D eigenvalue weighted by molar-refractivity contribution is 6.33. The average Bonchev–Trinajstić information content (AvgIpc) is 3.53. The molecule has 1 saturated carbocycles. The predicted octanol–water partition coefficient (Wildman–Crippen LogP) is 5.69. The van der Waals surface area contributed by atoms with E-state index in [4.69, 9.17) is 21.3 Å². The number of benzene rings is 2.